The molecule has 0 fully saturated rings. The van der Waals surface area contributed by atoms with Crippen LogP contribution in [0.2, 0.25) is 0 Å². The fourth-order valence-corrected chi connectivity index (χ4v) is 0. The van der Waals surface area contributed by atoms with Crippen molar-refractivity contribution in [3.63, 3.8) is 0 Å². The first-order valence-electron chi connectivity index (χ1n) is 0.894. The maximum atomic E-state index is 7.18. The zero-order chi connectivity index (χ0) is 5.41. The topological polar surface area (TPSA) is 47.6 Å². The smallest absolute Gasteiger partial charge is 0.130 e. The molecule has 2 nitrogen and oxygen atoms in total. The van der Waals surface area contributed by atoms with E-state index >= 15 is 0 Å². The van der Waals surface area contributed by atoms with Crippen molar-refractivity contribution in [2.75, 3.05) is 0 Å². The third-order valence-electron chi connectivity index (χ3n) is 0. The van der Waals surface area contributed by atoms with Crippen LogP contribution in [0.25, 0.3) is 0 Å². The summed E-state index contributed by atoms with van der Waals surface area (Å²) in [5.41, 5.74) is 0. The van der Waals surface area contributed by atoms with Gasteiger partial charge >= 0.3 is 0 Å². The number of hydrogen-bond donors (Lipinski definition) is 2. The van der Waals surface area contributed by atoms with Gasteiger partial charge in [0.15, 0.2) is 0 Å². The highest BCUT2D eigenvalue weighted by Crippen LogP contribution is 1.46. The second kappa shape index (κ2) is 37.0. The minimum absolute atomic E-state index is 0. The molecule has 0 N–H and O–H groups in total. The standard InChI is InChI=1S/2CHNS.H2S/c2*2-1-3;/h2*3H;1H2. The fourth-order valence-electron chi connectivity index (χ4n) is 0. The van der Waals surface area contributed by atoms with Crippen LogP contribution in [0.1, 0.15) is 0 Å². The number of rotatable bonds is 0. The minimum atomic E-state index is 0. The van der Waals surface area contributed by atoms with E-state index in [0.29, 0.717) is 0 Å². The predicted molar refractivity (Wildman–Crippen MR) is 39.6 cm³/mol. The van der Waals surface area contributed by atoms with Crippen LogP contribution in [0.4, 0.5) is 0 Å². The second-order valence-corrected chi connectivity index (χ2v) is 0.600. The molecule has 0 aromatic rings. The molecule has 0 radical (unpaired) electrons. The van der Waals surface area contributed by atoms with Crippen LogP contribution in [0.15, 0.2) is 0 Å². The van der Waals surface area contributed by atoms with Crippen molar-refractivity contribution in [3.05, 3.63) is 0 Å². The van der Waals surface area contributed by atoms with E-state index in [1.807, 2.05) is 0 Å². The predicted octanol–water partition coefficient (Wildman–Crippen LogP) is 0.907. The lowest BCUT2D eigenvalue weighted by molar-refractivity contribution is 1.57. The Balaban J connectivity index is -0.0000000400. The molecule has 0 unspecified atom stereocenters. The largest absolute Gasteiger partial charge is 0.197 e. The summed E-state index contributed by atoms with van der Waals surface area (Å²) in [6.07, 6.45) is 0. The molecular formula is C2H4N2S3. The summed E-state index contributed by atoms with van der Waals surface area (Å²) >= 11 is 6.19. The van der Waals surface area contributed by atoms with Crippen LogP contribution in [-0.2, 0) is 0 Å². The van der Waals surface area contributed by atoms with Crippen LogP contribution < -0.4 is 0 Å². The molecule has 0 saturated carbocycles. The summed E-state index contributed by atoms with van der Waals surface area (Å²) in [7, 11) is 0. The maximum Gasteiger partial charge on any atom is 0.130 e. The Labute approximate surface area is 60.4 Å². The molecule has 5 heteroatoms. The average Bonchev–Trinajstić information content (AvgIpc) is 1.39. The van der Waals surface area contributed by atoms with Gasteiger partial charge in [-0.2, -0.15) is 24.0 Å². The number of thiol groups is 2. The summed E-state index contributed by atoms with van der Waals surface area (Å²) in [6, 6.07) is 0. The van der Waals surface area contributed by atoms with Crippen molar-refractivity contribution < 1.29 is 0 Å². The maximum absolute atomic E-state index is 7.18. The summed E-state index contributed by atoms with van der Waals surface area (Å²) in [4.78, 5) is 0. The molecule has 0 amide bonds. The van der Waals surface area contributed by atoms with Crippen molar-refractivity contribution in [3.8, 4) is 10.8 Å². The van der Waals surface area contributed by atoms with Crippen LogP contribution in [0.5, 0.6) is 0 Å². The highest BCUT2D eigenvalue weighted by atomic mass is 32.1. The third kappa shape index (κ3) is 109000. The zero-order valence-corrected chi connectivity index (χ0v) is 6.08. The Bertz CT molecular complexity index is 65.9. The SMILES string of the molecule is N#CS.N#CS.S. The Morgan fingerprint density at radius 1 is 1.00 bits per heavy atom. The number of thiocyanates is 2. The third-order valence-corrected chi connectivity index (χ3v) is 0. The van der Waals surface area contributed by atoms with Crippen LogP contribution in [0.3, 0.4) is 0 Å². The van der Waals surface area contributed by atoms with Crippen molar-refractivity contribution in [2.24, 2.45) is 0 Å². The lowest BCUT2D eigenvalue weighted by Gasteiger charge is -1.14. The van der Waals surface area contributed by atoms with Crippen molar-refractivity contribution in [1.82, 2.24) is 0 Å². The molecule has 0 bridgehead atoms. The molecule has 0 rings (SSSR count). The summed E-state index contributed by atoms with van der Waals surface area (Å²) in [6.45, 7) is 0. The zero-order valence-electron chi connectivity index (χ0n) is 3.29. The van der Waals surface area contributed by atoms with Crippen molar-refractivity contribution >= 4 is 38.8 Å². The number of nitriles is 2. The molecule has 0 aliphatic carbocycles. The van der Waals surface area contributed by atoms with Gasteiger partial charge in [0.25, 0.3) is 0 Å². The summed E-state index contributed by atoms with van der Waals surface area (Å²) < 4.78 is 0. The van der Waals surface area contributed by atoms with Gasteiger partial charge in [-0.05, 0) is 0 Å². The molecule has 40 valence electrons. The fraction of sp³-hybridized carbons (Fsp3) is 0. The van der Waals surface area contributed by atoms with Gasteiger partial charge in [0, 0.05) is 0 Å². The lowest BCUT2D eigenvalue weighted by atomic mass is 11.8. The van der Waals surface area contributed by atoms with Gasteiger partial charge in [0.05, 0.1) is 0 Å². The van der Waals surface area contributed by atoms with Crippen LogP contribution in [-0.4, -0.2) is 0 Å². The first-order valence-corrected chi connectivity index (χ1v) is 1.79. The van der Waals surface area contributed by atoms with E-state index in [1.165, 1.54) is 10.8 Å². The van der Waals surface area contributed by atoms with Crippen LogP contribution >= 0.6 is 38.8 Å². The van der Waals surface area contributed by atoms with E-state index in [0.717, 1.165) is 0 Å². The molecule has 0 heterocycles. The molecule has 0 spiro atoms. The Hall–Kier alpha value is 0.0300. The molecule has 7 heavy (non-hydrogen) atoms. The number of nitrogens with zero attached hydrogens (tertiary/aromatic N) is 2. The van der Waals surface area contributed by atoms with E-state index in [-0.39, 0.29) is 13.5 Å². The normalized spacial score (nSPS) is 2.29. The monoisotopic (exact) mass is 152 g/mol. The van der Waals surface area contributed by atoms with E-state index in [4.69, 9.17) is 10.5 Å². The van der Waals surface area contributed by atoms with Crippen molar-refractivity contribution in [2.45, 2.75) is 0 Å². The van der Waals surface area contributed by atoms with E-state index in [2.05, 4.69) is 25.3 Å². The quantitative estimate of drug-likeness (QED) is 0.400. The first-order chi connectivity index (χ1) is 2.83. The molecule has 0 saturated heterocycles. The Morgan fingerprint density at radius 2 is 1.00 bits per heavy atom. The molecule has 0 aromatic heterocycles. The average molecular weight is 152 g/mol. The van der Waals surface area contributed by atoms with Gasteiger partial charge in [-0.3, -0.25) is 0 Å². The number of hydrogen-bond acceptors (Lipinski definition) is 4. The highest BCUT2D eigenvalue weighted by Gasteiger charge is 1.18. The van der Waals surface area contributed by atoms with Gasteiger partial charge in [-0.1, -0.05) is 25.3 Å². The van der Waals surface area contributed by atoms with Gasteiger partial charge < -0.3 is 0 Å². The van der Waals surface area contributed by atoms with E-state index in [1.54, 1.807) is 0 Å². The first kappa shape index (κ1) is 15.7. The highest BCUT2D eigenvalue weighted by molar-refractivity contribution is 7.85. The molecule has 0 aliphatic rings. The minimum Gasteiger partial charge on any atom is -0.197 e. The van der Waals surface area contributed by atoms with Gasteiger partial charge in [0.1, 0.15) is 10.8 Å². The lowest BCUT2D eigenvalue weighted by Crippen LogP contribution is -0.961. The van der Waals surface area contributed by atoms with E-state index < -0.39 is 0 Å². The Kier molecular flexibility index (Phi) is 83.2. The van der Waals surface area contributed by atoms with Gasteiger partial charge in [-0.25, -0.2) is 0 Å². The molecular weight excluding hydrogens is 148 g/mol. The van der Waals surface area contributed by atoms with Gasteiger partial charge in [-0.15, -0.1) is 0 Å². The second-order valence-electron chi connectivity index (χ2n) is 0.200. The Morgan fingerprint density at radius 3 is 1.00 bits per heavy atom. The summed E-state index contributed by atoms with van der Waals surface area (Å²) in [5.74, 6) is 0. The van der Waals surface area contributed by atoms with Gasteiger partial charge in [0.2, 0.25) is 0 Å². The van der Waals surface area contributed by atoms with Crippen molar-refractivity contribution in [1.29, 1.82) is 10.5 Å². The molecule has 0 aromatic carbocycles. The molecule has 0 atom stereocenters. The van der Waals surface area contributed by atoms with Crippen LogP contribution in [0, 0.1) is 21.3 Å². The summed E-state index contributed by atoms with van der Waals surface area (Å²) in [5, 5.41) is 17.3. The molecule has 0 aliphatic heterocycles. The van der Waals surface area contributed by atoms with E-state index in [9.17, 15) is 0 Å².